The van der Waals surface area contributed by atoms with E-state index in [1.807, 2.05) is 56.3 Å². The molecule has 2 heterocycles. The summed E-state index contributed by atoms with van der Waals surface area (Å²) in [4.78, 5) is 13.3. The van der Waals surface area contributed by atoms with Gasteiger partial charge in [-0.15, -0.1) is 0 Å². The molecule has 0 saturated heterocycles. The lowest BCUT2D eigenvalue weighted by atomic mass is 10.2. The molecule has 132 valence electrons. The van der Waals surface area contributed by atoms with Crippen LogP contribution in [0.4, 0.5) is 17.2 Å². The molecule has 0 aliphatic heterocycles. The van der Waals surface area contributed by atoms with Crippen LogP contribution in [0, 0.1) is 5.92 Å². The minimum absolute atomic E-state index is 0.226. The molecule has 0 fully saturated rings. The lowest BCUT2D eigenvalue weighted by Gasteiger charge is -2.09. The molecule has 6 nitrogen and oxygen atoms in total. The van der Waals surface area contributed by atoms with E-state index in [-0.39, 0.29) is 5.92 Å². The number of benzene rings is 1. The van der Waals surface area contributed by atoms with E-state index in [1.54, 1.807) is 12.3 Å². The summed E-state index contributed by atoms with van der Waals surface area (Å²) in [6, 6.07) is 15.5. The largest absolute Gasteiger partial charge is 0.378 e. The van der Waals surface area contributed by atoms with Gasteiger partial charge in [-0.2, -0.15) is 0 Å². The van der Waals surface area contributed by atoms with Crippen molar-refractivity contribution in [2.75, 3.05) is 5.32 Å². The lowest BCUT2D eigenvalue weighted by molar-refractivity contribution is -0.113. The van der Waals surface area contributed by atoms with Crippen LogP contribution >= 0.6 is 11.8 Å². The van der Waals surface area contributed by atoms with Gasteiger partial charge in [-0.1, -0.05) is 32.0 Å². The molecule has 0 spiro atoms. The maximum Gasteiger partial charge on any atom is 0.217 e. The molecule has 0 aliphatic carbocycles. The number of nitrogens with one attached hydrogen (secondary N) is 1. The average Bonchev–Trinajstić information content (AvgIpc) is 2.63. The summed E-state index contributed by atoms with van der Waals surface area (Å²) >= 11 is 1.27. The Balaban J connectivity index is 1.92. The van der Waals surface area contributed by atoms with Crippen LogP contribution in [-0.4, -0.2) is 20.2 Å². The number of thioether (sulfide) groups is 1. The van der Waals surface area contributed by atoms with E-state index in [4.69, 9.17) is 11.1 Å². The van der Waals surface area contributed by atoms with Crippen LogP contribution in [-0.2, 0) is 0 Å². The number of rotatable bonds is 4. The molecule has 0 aliphatic rings. The number of anilines is 2. The van der Waals surface area contributed by atoms with Crippen LogP contribution in [0.2, 0.25) is 0 Å². The topological polar surface area (TPSA) is 102 Å². The molecule has 0 saturated carbocycles. The van der Waals surface area contributed by atoms with Gasteiger partial charge in [0.15, 0.2) is 11.0 Å². The van der Waals surface area contributed by atoms with Gasteiger partial charge in [0.05, 0.1) is 11.2 Å². The van der Waals surface area contributed by atoms with Gasteiger partial charge in [-0.25, -0.2) is 9.98 Å². The normalized spacial score (nSPS) is 11.7. The van der Waals surface area contributed by atoms with Crippen molar-refractivity contribution in [2.45, 2.75) is 13.8 Å². The van der Waals surface area contributed by atoms with E-state index < -0.39 is 0 Å². The first-order chi connectivity index (χ1) is 12.5. The number of amidine groups is 1. The number of fused-ring (bicyclic) bond motifs is 1. The van der Waals surface area contributed by atoms with E-state index in [0.717, 1.165) is 27.5 Å². The van der Waals surface area contributed by atoms with Gasteiger partial charge in [-0.05, 0) is 30.3 Å². The summed E-state index contributed by atoms with van der Waals surface area (Å²) < 4.78 is 0. The van der Waals surface area contributed by atoms with Gasteiger partial charge < -0.3 is 11.1 Å². The van der Waals surface area contributed by atoms with Gasteiger partial charge >= 0.3 is 0 Å². The Hall–Kier alpha value is -2.93. The first-order valence-electron chi connectivity index (χ1n) is 8.25. The van der Waals surface area contributed by atoms with Crippen molar-refractivity contribution in [1.29, 1.82) is 0 Å². The molecule has 0 atom stereocenters. The first kappa shape index (κ1) is 17.9. The highest BCUT2D eigenvalue weighted by Gasteiger charge is 2.12. The number of aliphatic imine (C=N–C) groups is 1. The van der Waals surface area contributed by atoms with Gasteiger partial charge in [0.1, 0.15) is 5.52 Å². The Labute approximate surface area is 156 Å². The van der Waals surface area contributed by atoms with E-state index in [1.165, 1.54) is 11.8 Å². The third-order valence-corrected chi connectivity index (χ3v) is 4.65. The van der Waals surface area contributed by atoms with Crippen LogP contribution in [0.15, 0.2) is 59.7 Å². The second-order valence-corrected chi connectivity index (χ2v) is 7.09. The fourth-order valence-corrected chi connectivity index (χ4v) is 2.85. The summed E-state index contributed by atoms with van der Waals surface area (Å²) in [6.45, 7) is 4.02. The van der Waals surface area contributed by atoms with Crippen molar-refractivity contribution in [3.8, 4) is 0 Å². The number of nitrogens with two attached hydrogens (primary N) is 2. The zero-order valence-electron chi connectivity index (χ0n) is 14.7. The highest BCUT2D eigenvalue weighted by Crippen LogP contribution is 2.26. The predicted octanol–water partition coefficient (Wildman–Crippen LogP) is 2.87. The van der Waals surface area contributed by atoms with Gasteiger partial charge in [0, 0.05) is 29.6 Å². The van der Waals surface area contributed by atoms with E-state index >= 15 is 0 Å². The minimum atomic E-state index is 0.226. The van der Waals surface area contributed by atoms with Gasteiger partial charge in [0.2, 0.25) is 5.04 Å². The second-order valence-electron chi connectivity index (χ2n) is 6.00. The molecule has 0 bridgehead atoms. The summed E-state index contributed by atoms with van der Waals surface area (Å²) in [5.41, 5.74) is 9.34. The predicted molar refractivity (Wildman–Crippen MR) is 110 cm³/mol. The minimum Gasteiger partial charge on any atom is -0.378 e. The smallest absolute Gasteiger partial charge is 0.217 e. The van der Waals surface area contributed by atoms with Crippen molar-refractivity contribution in [2.24, 2.45) is 16.6 Å². The summed E-state index contributed by atoms with van der Waals surface area (Å²) in [5.74, 6) is 0.743. The second kappa shape index (κ2) is 7.97. The molecule has 3 aromatic rings. The first-order valence-corrected chi connectivity index (χ1v) is 9.07. The monoisotopic (exact) mass is 365 g/mol. The summed E-state index contributed by atoms with van der Waals surface area (Å²) in [7, 11) is 0. The maximum atomic E-state index is 5.99. The molecule has 7 heteroatoms. The molecule has 0 unspecified atom stereocenters. The molecular weight excluding hydrogens is 344 g/mol. The number of aromatic nitrogens is 2. The van der Waals surface area contributed by atoms with Crippen molar-refractivity contribution in [1.82, 2.24) is 9.97 Å². The Morgan fingerprint density at radius 3 is 2.65 bits per heavy atom. The number of para-hydroxylation sites is 1. The Morgan fingerprint density at radius 1 is 1.15 bits per heavy atom. The Morgan fingerprint density at radius 2 is 1.92 bits per heavy atom. The fourth-order valence-electron chi connectivity index (χ4n) is 2.23. The van der Waals surface area contributed by atoms with Crippen LogP contribution in [0.3, 0.4) is 0 Å². The fraction of sp³-hybridized carbons (Fsp3) is 0.158. The molecule has 0 radical (unpaired) electrons. The van der Waals surface area contributed by atoms with Gasteiger partial charge in [0.25, 0.3) is 0 Å². The van der Waals surface area contributed by atoms with E-state index in [0.29, 0.717) is 11.0 Å². The standard InChI is InChI=1S/C19H20N6S/c1-12(2)18(20)26-19(21)25-16-9-8-14-17(24-16)15(10-11-22-14)23-13-6-4-3-5-7-13/h3-12,20H,1-2H3,(H,22,23)(H2,21,24,25)/p+1. The quantitative estimate of drug-likeness (QED) is 0.487. The molecule has 0 amide bonds. The zero-order chi connectivity index (χ0) is 18.5. The van der Waals surface area contributed by atoms with Crippen molar-refractivity contribution in [3.63, 3.8) is 0 Å². The number of hydrogen-bond acceptors (Lipinski definition) is 5. The molecule has 3 rings (SSSR count). The number of nitrogens with zero attached hydrogens (tertiary/aromatic N) is 3. The highest BCUT2D eigenvalue weighted by molar-refractivity contribution is 8.26. The van der Waals surface area contributed by atoms with Crippen LogP contribution in [0.25, 0.3) is 11.0 Å². The lowest BCUT2D eigenvalue weighted by Crippen LogP contribution is -2.41. The van der Waals surface area contributed by atoms with Crippen LogP contribution in [0.1, 0.15) is 13.8 Å². The maximum absolute atomic E-state index is 5.99. The molecule has 5 N–H and O–H groups in total. The summed E-state index contributed by atoms with van der Waals surface area (Å²) in [6.07, 6.45) is 1.75. The summed E-state index contributed by atoms with van der Waals surface area (Å²) in [5, 5.41) is 10.4. The van der Waals surface area contributed by atoms with Crippen molar-refractivity contribution >= 4 is 50.2 Å². The number of hydrogen-bond donors (Lipinski definition) is 3. The molecule has 26 heavy (non-hydrogen) atoms. The average molecular weight is 365 g/mol. The van der Waals surface area contributed by atoms with Gasteiger partial charge in [-0.3, -0.25) is 10.4 Å². The number of pyridine rings is 2. The van der Waals surface area contributed by atoms with Crippen LogP contribution in [0.5, 0.6) is 0 Å². The molecule has 1 aromatic carbocycles. The molecular formula is C19H21N6S+. The highest BCUT2D eigenvalue weighted by atomic mass is 32.2. The Kier molecular flexibility index (Phi) is 5.48. The zero-order valence-corrected chi connectivity index (χ0v) is 15.5. The van der Waals surface area contributed by atoms with E-state index in [2.05, 4.69) is 20.3 Å². The Bertz CT molecular complexity index is 953. The van der Waals surface area contributed by atoms with Crippen LogP contribution < -0.4 is 16.5 Å². The van der Waals surface area contributed by atoms with Crippen molar-refractivity contribution < 1.29 is 5.41 Å². The SMILES string of the molecule is CC(C)C(=[NH2+])SC(N)=Nc1ccc2nccc(Nc3ccccc3)c2n1. The van der Waals surface area contributed by atoms with E-state index in [9.17, 15) is 0 Å². The third-order valence-electron chi connectivity index (χ3n) is 3.64. The van der Waals surface area contributed by atoms with Crippen molar-refractivity contribution in [3.05, 3.63) is 54.7 Å². The third kappa shape index (κ3) is 4.37. The molecule has 2 aromatic heterocycles.